The molecule has 2 aromatic heterocycles. The maximum Gasteiger partial charge on any atom is 0.434 e. The largest absolute Gasteiger partial charge is 0.434 e. The van der Waals surface area contributed by atoms with Crippen molar-refractivity contribution in [3.8, 4) is 0 Å². The summed E-state index contributed by atoms with van der Waals surface area (Å²) >= 11 is 0.922. The number of aliphatic imine (C=N–C) groups is 1. The lowest BCUT2D eigenvalue weighted by Gasteiger charge is -2.47. The Labute approximate surface area is 176 Å². The Morgan fingerprint density at radius 3 is 2.87 bits per heavy atom. The van der Waals surface area contributed by atoms with Crippen LogP contribution in [0.2, 0.25) is 0 Å². The minimum atomic E-state index is -4.51. The van der Waals surface area contributed by atoms with Gasteiger partial charge in [-0.2, -0.15) is 13.2 Å². The SMILES string of the molecule is FC(F)(F)c1ncccc1Sc1cnc2c(n1)CC(=NC1CCNC3(CCC3)C1)N2. The normalized spacial score (nSPS) is 23.8. The van der Waals surface area contributed by atoms with Gasteiger partial charge in [-0.25, -0.2) is 9.97 Å². The van der Waals surface area contributed by atoms with Crippen LogP contribution >= 0.6 is 11.8 Å². The zero-order valence-corrected chi connectivity index (χ0v) is 17.0. The average molecular weight is 434 g/mol. The molecule has 1 spiro atoms. The van der Waals surface area contributed by atoms with Crippen molar-refractivity contribution in [2.24, 2.45) is 4.99 Å². The van der Waals surface area contributed by atoms with Crippen molar-refractivity contribution in [2.75, 3.05) is 11.9 Å². The van der Waals surface area contributed by atoms with Crippen LogP contribution < -0.4 is 10.6 Å². The Morgan fingerprint density at radius 2 is 2.10 bits per heavy atom. The molecule has 6 nitrogen and oxygen atoms in total. The van der Waals surface area contributed by atoms with Gasteiger partial charge in [0.15, 0.2) is 11.5 Å². The number of amidine groups is 1. The van der Waals surface area contributed by atoms with E-state index in [-0.39, 0.29) is 16.5 Å². The van der Waals surface area contributed by atoms with Crippen molar-refractivity contribution in [1.29, 1.82) is 0 Å². The molecule has 4 heterocycles. The summed E-state index contributed by atoms with van der Waals surface area (Å²) in [6, 6.07) is 3.16. The minimum absolute atomic E-state index is 0.0135. The zero-order valence-electron chi connectivity index (χ0n) is 16.2. The zero-order chi connectivity index (χ0) is 20.8. The number of alkyl halides is 3. The highest BCUT2D eigenvalue weighted by molar-refractivity contribution is 7.99. The topological polar surface area (TPSA) is 75.1 Å². The molecule has 2 fully saturated rings. The van der Waals surface area contributed by atoms with E-state index in [9.17, 15) is 13.2 Å². The molecule has 0 bridgehead atoms. The standard InChI is InChI=1S/C20H21F3N6S/c21-20(22,23)17-14(3-1-7-24-17)30-16-11-25-18-13(28-16)9-15(29-18)27-12-4-8-26-19(10-12)5-2-6-19/h1,3,7,11-12,26H,2,4-6,8-10H2,(H,25,27,29). The Hall–Kier alpha value is -2.20. The average Bonchev–Trinajstić information content (AvgIpc) is 3.08. The smallest absolute Gasteiger partial charge is 0.327 e. The fourth-order valence-electron chi connectivity index (χ4n) is 4.35. The van der Waals surface area contributed by atoms with Gasteiger partial charge in [-0.15, -0.1) is 0 Å². The van der Waals surface area contributed by atoms with Gasteiger partial charge in [-0.05, 0) is 50.8 Å². The van der Waals surface area contributed by atoms with E-state index in [0.29, 0.717) is 23.0 Å². The second kappa shape index (κ2) is 7.49. The quantitative estimate of drug-likeness (QED) is 0.758. The summed E-state index contributed by atoms with van der Waals surface area (Å²) in [5.74, 6) is 1.47. The fourth-order valence-corrected chi connectivity index (χ4v) is 5.24. The van der Waals surface area contributed by atoms with Crippen LogP contribution in [-0.4, -0.2) is 38.9 Å². The lowest BCUT2D eigenvalue weighted by molar-refractivity contribution is -0.143. The van der Waals surface area contributed by atoms with Crippen LogP contribution in [0.3, 0.4) is 0 Å². The summed E-state index contributed by atoms with van der Waals surface area (Å²) in [7, 11) is 0. The number of nitrogens with one attached hydrogen (secondary N) is 2. The second-order valence-electron chi connectivity index (χ2n) is 8.04. The van der Waals surface area contributed by atoms with Gasteiger partial charge in [0.05, 0.1) is 24.4 Å². The molecule has 0 radical (unpaired) electrons. The molecule has 3 aliphatic rings. The van der Waals surface area contributed by atoms with Gasteiger partial charge in [0.1, 0.15) is 10.9 Å². The molecule has 0 aromatic carbocycles. The van der Waals surface area contributed by atoms with Crippen molar-refractivity contribution >= 4 is 23.4 Å². The summed E-state index contributed by atoms with van der Waals surface area (Å²) in [5, 5.41) is 7.28. The van der Waals surface area contributed by atoms with Crippen LogP contribution in [0.25, 0.3) is 0 Å². The lowest BCUT2D eigenvalue weighted by atomic mass is 9.70. The van der Waals surface area contributed by atoms with Crippen molar-refractivity contribution < 1.29 is 13.2 Å². The molecule has 5 rings (SSSR count). The number of rotatable bonds is 3. The number of aromatic nitrogens is 3. The molecular weight excluding hydrogens is 413 g/mol. The van der Waals surface area contributed by atoms with E-state index in [1.165, 1.54) is 37.6 Å². The van der Waals surface area contributed by atoms with E-state index in [2.05, 4.69) is 25.6 Å². The third kappa shape index (κ3) is 3.90. The maximum absolute atomic E-state index is 13.2. The third-order valence-electron chi connectivity index (χ3n) is 5.93. The Bertz CT molecular complexity index is 989. The predicted octanol–water partition coefficient (Wildman–Crippen LogP) is 4.08. The van der Waals surface area contributed by atoms with Crippen molar-refractivity contribution in [3.05, 3.63) is 35.9 Å². The van der Waals surface area contributed by atoms with Crippen LogP contribution in [0, 0.1) is 0 Å². The van der Waals surface area contributed by atoms with Crippen molar-refractivity contribution in [3.63, 3.8) is 0 Å². The molecule has 30 heavy (non-hydrogen) atoms. The highest BCUT2D eigenvalue weighted by Gasteiger charge is 2.41. The van der Waals surface area contributed by atoms with E-state index in [1.807, 2.05) is 0 Å². The fraction of sp³-hybridized carbons (Fsp3) is 0.500. The van der Waals surface area contributed by atoms with Crippen LogP contribution in [0.4, 0.5) is 19.0 Å². The Morgan fingerprint density at radius 1 is 1.23 bits per heavy atom. The Kier molecular flexibility index (Phi) is 4.93. The summed E-state index contributed by atoms with van der Waals surface area (Å²) in [4.78, 5) is 17.3. The monoisotopic (exact) mass is 434 g/mol. The van der Waals surface area contributed by atoms with Crippen LogP contribution in [0.1, 0.15) is 43.5 Å². The van der Waals surface area contributed by atoms with Crippen LogP contribution in [0.5, 0.6) is 0 Å². The molecule has 1 unspecified atom stereocenters. The number of hydrogen-bond donors (Lipinski definition) is 2. The Balaban J connectivity index is 1.31. The van der Waals surface area contributed by atoms with Gasteiger partial charge in [0, 0.05) is 16.6 Å². The number of pyridine rings is 1. The van der Waals surface area contributed by atoms with Crippen molar-refractivity contribution in [2.45, 2.75) is 66.2 Å². The number of nitrogens with zero attached hydrogens (tertiary/aromatic N) is 4. The lowest BCUT2D eigenvalue weighted by Crippen LogP contribution is -2.56. The molecule has 1 atom stereocenters. The summed E-state index contributed by atoms with van der Waals surface area (Å²) < 4.78 is 39.6. The number of hydrogen-bond acceptors (Lipinski definition) is 6. The highest BCUT2D eigenvalue weighted by atomic mass is 32.2. The van der Waals surface area contributed by atoms with Gasteiger partial charge in [-0.3, -0.25) is 9.98 Å². The van der Waals surface area contributed by atoms with Crippen molar-refractivity contribution in [1.82, 2.24) is 20.3 Å². The van der Waals surface area contributed by atoms with Gasteiger partial charge in [0.25, 0.3) is 0 Å². The number of anilines is 1. The second-order valence-corrected chi connectivity index (χ2v) is 9.10. The van der Waals surface area contributed by atoms with Gasteiger partial charge in [0.2, 0.25) is 0 Å². The number of fused-ring (bicyclic) bond motifs is 1. The summed E-state index contributed by atoms with van der Waals surface area (Å²) in [5.41, 5.74) is 0.0792. The van der Waals surface area contributed by atoms with Gasteiger partial charge >= 0.3 is 6.18 Å². The molecule has 1 aliphatic carbocycles. The number of halogens is 3. The van der Waals surface area contributed by atoms with E-state index in [4.69, 9.17) is 4.99 Å². The number of piperidine rings is 1. The molecule has 2 N–H and O–H groups in total. The first-order valence-corrected chi connectivity index (χ1v) is 10.9. The van der Waals surface area contributed by atoms with Gasteiger partial charge < -0.3 is 10.6 Å². The van der Waals surface area contributed by atoms with E-state index in [0.717, 1.165) is 43.2 Å². The maximum atomic E-state index is 13.2. The molecular formula is C20H21F3N6S. The highest BCUT2D eigenvalue weighted by Crippen LogP contribution is 2.40. The molecule has 1 saturated carbocycles. The molecule has 158 valence electrons. The first kappa shape index (κ1) is 19.7. The minimum Gasteiger partial charge on any atom is -0.327 e. The first-order valence-electron chi connectivity index (χ1n) is 10.0. The predicted molar refractivity (Wildman–Crippen MR) is 108 cm³/mol. The molecule has 1 saturated heterocycles. The molecule has 2 aliphatic heterocycles. The first-order chi connectivity index (χ1) is 14.4. The molecule has 2 aromatic rings. The molecule has 10 heteroatoms. The van der Waals surface area contributed by atoms with Gasteiger partial charge in [-0.1, -0.05) is 11.8 Å². The van der Waals surface area contributed by atoms with Crippen LogP contribution in [-0.2, 0) is 12.6 Å². The van der Waals surface area contributed by atoms with E-state index < -0.39 is 11.9 Å². The molecule has 0 amide bonds. The summed E-state index contributed by atoms with van der Waals surface area (Å²) in [6.07, 6.45) is 4.42. The van der Waals surface area contributed by atoms with E-state index >= 15 is 0 Å². The summed E-state index contributed by atoms with van der Waals surface area (Å²) in [6.45, 7) is 0.984. The van der Waals surface area contributed by atoms with Crippen LogP contribution in [0.15, 0.2) is 39.4 Å². The van der Waals surface area contributed by atoms with E-state index in [1.54, 1.807) is 0 Å². The third-order valence-corrected chi connectivity index (χ3v) is 6.88.